The van der Waals surface area contributed by atoms with E-state index >= 15 is 0 Å². The summed E-state index contributed by atoms with van der Waals surface area (Å²) in [5, 5.41) is 0. The van der Waals surface area contributed by atoms with Crippen LogP contribution < -0.4 is 0 Å². The molecule has 24 heavy (non-hydrogen) atoms. The quantitative estimate of drug-likeness (QED) is 0.744. The van der Waals surface area contributed by atoms with Crippen LogP contribution in [0, 0.1) is 23.3 Å². The molecular weight excluding hydrogens is 304 g/mol. The topological polar surface area (TPSA) is 67.5 Å². The maximum absolute atomic E-state index is 12.7. The predicted molar refractivity (Wildman–Crippen MR) is 87.6 cm³/mol. The summed E-state index contributed by atoms with van der Waals surface area (Å²) in [5.74, 6) is -0.0852. The lowest BCUT2D eigenvalue weighted by atomic mass is 9.55. The van der Waals surface area contributed by atoms with Crippen LogP contribution in [0.4, 0.5) is 0 Å². The van der Waals surface area contributed by atoms with Crippen molar-refractivity contribution in [2.45, 2.75) is 27.2 Å². The largest absolute Gasteiger partial charge is 0.338 e. The summed E-state index contributed by atoms with van der Waals surface area (Å²) in [6, 6.07) is 0. The van der Waals surface area contributed by atoms with Gasteiger partial charge in [-0.25, -0.2) is 14.8 Å². The number of Topliss-reactive ketones (excluding diaryl/α,β-unsaturated/α-hetero) is 1. The van der Waals surface area contributed by atoms with E-state index in [4.69, 9.17) is 6.57 Å². The van der Waals surface area contributed by atoms with E-state index in [1.807, 2.05) is 20.8 Å². The van der Waals surface area contributed by atoms with E-state index in [0.717, 1.165) is 6.42 Å². The van der Waals surface area contributed by atoms with Crippen LogP contribution in [0.3, 0.4) is 0 Å². The van der Waals surface area contributed by atoms with E-state index in [-0.39, 0.29) is 28.7 Å². The molecule has 1 saturated heterocycles. The van der Waals surface area contributed by atoms with Gasteiger partial charge in [0.2, 0.25) is 5.70 Å². The Kier molecular flexibility index (Phi) is 3.75. The number of rotatable bonds is 1. The molecule has 0 aromatic carbocycles. The number of piperidine rings is 1. The molecule has 1 aromatic heterocycles. The Morgan fingerprint density at radius 1 is 1.33 bits per heavy atom. The van der Waals surface area contributed by atoms with Crippen molar-refractivity contribution >= 4 is 11.7 Å². The number of fused-ring (bicyclic) bond motifs is 1. The van der Waals surface area contributed by atoms with Crippen molar-refractivity contribution in [1.29, 1.82) is 0 Å². The lowest BCUT2D eigenvalue weighted by Crippen LogP contribution is -2.56. The fourth-order valence-corrected chi connectivity index (χ4v) is 4.26. The smallest absolute Gasteiger partial charge is 0.257 e. The number of ketones is 1. The first-order valence-electron chi connectivity index (χ1n) is 7.99. The van der Waals surface area contributed by atoms with Crippen molar-refractivity contribution in [2.24, 2.45) is 16.7 Å². The van der Waals surface area contributed by atoms with E-state index in [0.29, 0.717) is 18.7 Å². The number of hydrogen-bond donors (Lipinski definition) is 0. The molecule has 0 spiro atoms. The van der Waals surface area contributed by atoms with Crippen molar-refractivity contribution in [3.63, 3.8) is 0 Å². The van der Waals surface area contributed by atoms with E-state index < -0.39 is 5.41 Å². The molecule has 1 aliphatic carbocycles. The number of likely N-dealkylation sites (tertiary alicyclic amines) is 1. The Hall–Kier alpha value is -2.55. The highest BCUT2D eigenvalue weighted by Crippen LogP contribution is 2.52. The van der Waals surface area contributed by atoms with Crippen LogP contribution in [0.5, 0.6) is 0 Å². The first-order chi connectivity index (χ1) is 11.3. The predicted octanol–water partition coefficient (Wildman–Crippen LogP) is 2.36. The summed E-state index contributed by atoms with van der Waals surface area (Å²) < 4.78 is 0. The van der Waals surface area contributed by atoms with Crippen molar-refractivity contribution in [3.05, 3.63) is 47.5 Å². The second-order valence-electron chi connectivity index (χ2n) is 7.39. The van der Waals surface area contributed by atoms with Crippen molar-refractivity contribution in [2.75, 3.05) is 13.1 Å². The highest BCUT2D eigenvalue weighted by Gasteiger charge is 2.53. The van der Waals surface area contributed by atoms with E-state index in [1.165, 1.54) is 18.7 Å². The zero-order valence-corrected chi connectivity index (χ0v) is 14.1. The Morgan fingerprint density at radius 2 is 2.00 bits per heavy atom. The molecule has 1 amide bonds. The molecule has 124 valence electrons. The second kappa shape index (κ2) is 5.52. The minimum Gasteiger partial charge on any atom is -0.338 e. The monoisotopic (exact) mass is 324 g/mol. The third-order valence-corrected chi connectivity index (χ3v) is 5.39. The van der Waals surface area contributed by atoms with Gasteiger partial charge in [0.1, 0.15) is 6.33 Å². The molecular formula is C18H20N4O2. The van der Waals surface area contributed by atoms with Gasteiger partial charge in [0, 0.05) is 30.9 Å². The van der Waals surface area contributed by atoms with E-state index in [1.54, 1.807) is 11.0 Å². The van der Waals surface area contributed by atoms with Gasteiger partial charge in [-0.1, -0.05) is 26.8 Å². The molecule has 3 rings (SSSR count). The lowest BCUT2D eigenvalue weighted by molar-refractivity contribution is -0.131. The molecule has 2 aliphatic rings. The van der Waals surface area contributed by atoms with E-state index in [9.17, 15) is 9.59 Å². The van der Waals surface area contributed by atoms with Gasteiger partial charge in [0.15, 0.2) is 5.78 Å². The SMILES string of the molecule is [C-]#[N+]C1=C[C@]2(C)CN(C(=O)c3cncnc3)CC[C@H]2C(C)(C)C1=O. The molecule has 1 aromatic rings. The van der Waals surface area contributed by atoms with Crippen molar-refractivity contribution < 1.29 is 9.59 Å². The normalized spacial score (nSPS) is 28.6. The van der Waals surface area contributed by atoms with Gasteiger partial charge in [-0.2, -0.15) is 0 Å². The lowest BCUT2D eigenvalue weighted by Gasteiger charge is -2.53. The van der Waals surface area contributed by atoms with Gasteiger partial charge in [-0.15, -0.1) is 0 Å². The molecule has 1 aliphatic heterocycles. The number of amides is 1. The molecule has 6 nitrogen and oxygen atoms in total. The number of carbonyl (C=O) groups excluding carboxylic acids is 2. The van der Waals surface area contributed by atoms with Crippen LogP contribution in [-0.4, -0.2) is 39.6 Å². The molecule has 2 heterocycles. The standard InChI is InChI=1S/C18H20N4O2/c1-17(2)14-5-6-22(16(24)12-8-20-11-21-9-12)10-18(14,3)7-13(19-4)15(17)23/h7-9,11,14H,5-6,10H2,1-3H3/t14-,18+/m0/s1. The molecule has 0 radical (unpaired) electrons. The van der Waals surface area contributed by atoms with Gasteiger partial charge < -0.3 is 9.69 Å². The molecule has 2 atom stereocenters. The van der Waals surface area contributed by atoms with Crippen LogP contribution >= 0.6 is 0 Å². The van der Waals surface area contributed by atoms with Crippen molar-refractivity contribution in [3.8, 4) is 0 Å². The van der Waals surface area contributed by atoms with Crippen LogP contribution in [0.15, 0.2) is 30.5 Å². The Balaban J connectivity index is 1.94. The second-order valence-corrected chi connectivity index (χ2v) is 7.39. The molecule has 0 saturated carbocycles. The minimum atomic E-state index is -0.589. The number of hydrogen-bond acceptors (Lipinski definition) is 4. The number of aromatic nitrogens is 2. The number of carbonyl (C=O) groups is 2. The van der Waals surface area contributed by atoms with Gasteiger partial charge >= 0.3 is 0 Å². The minimum absolute atomic E-state index is 0.0868. The summed E-state index contributed by atoms with van der Waals surface area (Å²) in [6.45, 7) is 14.3. The molecule has 0 bridgehead atoms. The molecule has 0 unspecified atom stereocenters. The zero-order chi connectivity index (χ0) is 17.5. The third-order valence-electron chi connectivity index (χ3n) is 5.39. The zero-order valence-electron chi connectivity index (χ0n) is 14.1. The summed E-state index contributed by atoms with van der Waals surface area (Å²) in [5.41, 5.74) is -0.328. The number of nitrogens with zero attached hydrogens (tertiary/aromatic N) is 4. The fraction of sp³-hybridized carbons (Fsp3) is 0.500. The molecule has 6 heteroatoms. The summed E-state index contributed by atoms with van der Waals surface area (Å²) in [7, 11) is 0. The average Bonchev–Trinajstić information content (AvgIpc) is 2.58. The third kappa shape index (κ3) is 2.41. The van der Waals surface area contributed by atoms with Gasteiger partial charge in [0.05, 0.1) is 12.1 Å². The highest BCUT2D eigenvalue weighted by molar-refractivity contribution is 6.02. The van der Waals surface area contributed by atoms with Gasteiger partial charge in [-0.05, 0) is 17.8 Å². The Morgan fingerprint density at radius 3 is 2.62 bits per heavy atom. The first-order valence-corrected chi connectivity index (χ1v) is 7.99. The van der Waals surface area contributed by atoms with Crippen LogP contribution in [0.25, 0.3) is 4.85 Å². The summed E-state index contributed by atoms with van der Waals surface area (Å²) in [4.78, 5) is 38.2. The number of allylic oxidation sites excluding steroid dienone is 1. The molecule has 1 fully saturated rings. The maximum atomic E-state index is 12.7. The van der Waals surface area contributed by atoms with Crippen LogP contribution in [0.1, 0.15) is 37.6 Å². The van der Waals surface area contributed by atoms with E-state index in [2.05, 4.69) is 14.8 Å². The van der Waals surface area contributed by atoms with Crippen LogP contribution in [-0.2, 0) is 4.79 Å². The first kappa shape index (κ1) is 16.3. The maximum Gasteiger partial charge on any atom is 0.257 e. The highest BCUT2D eigenvalue weighted by atomic mass is 16.2. The Labute approximate surface area is 141 Å². The Bertz CT molecular complexity index is 763. The van der Waals surface area contributed by atoms with Crippen molar-refractivity contribution in [1.82, 2.24) is 14.9 Å². The van der Waals surface area contributed by atoms with Gasteiger partial charge in [-0.3, -0.25) is 4.79 Å². The van der Waals surface area contributed by atoms with Gasteiger partial charge in [0.25, 0.3) is 5.91 Å². The van der Waals surface area contributed by atoms with Crippen LogP contribution in [0.2, 0.25) is 0 Å². The summed E-state index contributed by atoms with van der Waals surface area (Å²) in [6.07, 6.45) is 6.93. The average molecular weight is 324 g/mol. The fourth-order valence-electron chi connectivity index (χ4n) is 4.26. The summed E-state index contributed by atoms with van der Waals surface area (Å²) >= 11 is 0. The molecule has 0 N–H and O–H groups in total.